The van der Waals surface area contributed by atoms with Crippen LogP contribution >= 0.6 is 38.6 Å². The summed E-state index contributed by atoms with van der Waals surface area (Å²) in [7, 11) is 1.49. The molecule has 1 aromatic carbocycles. The summed E-state index contributed by atoms with van der Waals surface area (Å²) in [5, 5.41) is 24.1. The van der Waals surface area contributed by atoms with Crippen LogP contribution in [0.1, 0.15) is 10.6 Å². The number of allylic oxidation sites excluding steroid dienone is 1. The predicted octanol–water partition coefficient (Wildman–Crippen LogP) is 5.41. The number of phenolic OH excluding ortho intramolecular Hbond substituents is 1. The second kappa shape index (κ2) is 7.18. The molecule has 0 aliphatic heterocycles. The number of halogens is 1. The summed E-state index contributed by atoms with van der Waals surface area (Å²) in [5.74, 6) is 0.369. The predicted molar refractivity (Wildman–Crippen MR) is 101 cm³/mol. The molecule has 0 fully saturated rings. The molecule has 3 aromatic rings. The van der Waals surface area contributed by atoms with Gasteiger partial charge in [-0.25, -0.2) is 4.98 Å². The number of methoxy groups -OCH3 is 1. The van der Waals surface area contributed by atoms with Crippen LogP contribution in [0, 0.1) is 11.3 Å². The van der Waals surface area contributed by atoms with E-state index in [1.807, 2.05) is 22.9 Å². The van der Waals surface area contributed by atoms with E-state index in [9.17, 15) is 10.4 Å². The van der Waals surface area contributed by atoms with Crippen molar-refractivity contribution in [2.45, 2.75) is 0 Å². The van der Waals surface area contributed by atoms with Gasteiger partial charge in [-0.15, -0.1) is 22.7 Å². The van der Waals surface area contributed by atoms with Crippen molar-refractivity contribution in [3.8, 4) is 28.1 Å². The minimum absolute atomic E-state index is 0.00181. The highest BCUT2D eigenvalue weighted by Gasteiger charge is 2.13. The molecule has 0 atom stereocenters. The number of nitrogens with zero attached hydrogens (tertiary/aromatic N) is 2. The number of aromatic hydroxyl groups is 1. The molecule has 2 heterocycles. The fraction of sp³-hybridized carbons (Fsp3) is 0.0588. The maximum Gasteiger partial charge on any atom is 0.172 e. The zero-order valence-corrected chi connectivity index (χ0v) is 15.7. The Morgan fingerprint density at radius 2 is 2.21 bits per heavy atom. The van der Waals surface area contributed by atoms with Crippen LogP contribution in [0.4, 0.5) is 0 Å². The molecule has 0 radical (unpaired) electrons. The van der Waals surface area contributed by atoms with Gasteiger partial charge < -0.3 is 9.84 Å². The third-order valence-electron chi connectivity index (χ3n) is 3.26. The Balaban J connectivity index is 1.99. The molecule has 0 amide bonds. The quantitative estimate of drug-likeness (QED) is 0.574. The van der Waals surface area contributed by atoms with Crippen molar-refractivity contribution >= 4 is 50.3 Å². The maximum absolute atomic E-state index is 10.1. The van der Waals surface area contributed by atoms with Crippen LogP contribution in [0.15, 0.2) is 39.5 Å². The van der Waals surface area contributed by atoms with Gasteiger partial charge in [0.15, 0.2) is 11.5 Å². The number of rotatable bonds is 4. The Bertz CT molecular complexity index is 940. The fourth-order valence-electron chi connectivity index (χ4n) is 2.07. The first-order valence-electron chi connectivity index (χ1n) is 6.81. The number of ether oxygens (including phenoxy) is 1. The van der Waals surface area contributed by atoms with E-state index in [2.05, 4.69) is 27.0 Å². The summed E-state index contributed by atoms with van der Waals surface area (Å²) < 4.78 is 5.54. The van der Waals surface area contributed by atoms with E-state index in [0.717, 1.165) is 10.6 Å². The molecule has 4 nitrogen and oxygen atoms in total. The van der Waals surface area contributed by atoms with Crippen LogP contribution in [0.3, 0.4) is 0 Å². The SMILES string of the molecule is COc1ccc(/C=C(/C#N)c2nc(-c3cccs3)cs2)c(Br)c1O. The van der Waals surface area contributed by atoms with Crippen LogP contribution in [0.5, 0.6) is 11.5 Å². The van der Waals surface area contributed by atoms with Gasteiger partial charge in [-0.05, 0) is 51.1 Å². The molecule has 3 rings (SSSR count). The minimum atomic E-state index is 0.00181. The van der Waals surface area contributed by atoms with Crippen molar-refractivity contribution in [1.29, 1.82) is 5.26 Å². The average Bonchev–Trinajstić information content (AvgIpc) is 3.27. The number of aromatic nitrogens is 1. The van der Waals surface area contributed by atoms with Crippen LogP contribution in [0.25, 0.3) is 22.2 Å². The van der Waals surface area contributed by atoms with E-state index in [1.54, 1.807) is 29.5 Å². The maximum atomic E-state index is 10.1. The number of hydrogen-bond donors (Lipinski definition) is 1. The topological polar surface area (TPSA) is 66.1 Å². The Hall–Kier alpha value is -2.14. The van der Waals surface area contributed by atoms with Gasteiger partial charge >= 0.3 is 0 Å². The number of thiazole rings is 1. The van der Waals surface area contributed by atoms with Crippen molar-refractivity contribution in [1.82, 2.24) is 4.98 Å². The lowest BCUT2D eigenvalue weighted by Gasteiger charge is -2.07. The van der Waals surface area contributed by atoms with E-state index >= 15 is 0 Å². The summed E-state index contributed by atoms with van der Waals surface area (Å²) in [6.45, 7) is 0. The van der Waals surface area contributed by atoms with Gasteiger partial charge in [0.2, 0.25) is 0 Å². The van der Waals surface area contributed by atoms with E-state index in [4.69, 9.17) is 4.74 Å². The molecule has 24 heavy (non-hydrogen) atoms. The van der Waals surface area contributed by atoms with E-state index in [0.29, 0.717) is 26.4 Å². The third kappa shape index (κ3) is 3.22. The molecular formula is C17H11BrN2O2S2. The summed E-state index contributed by atoms with van der Waals surface area (Å²) in [6, 6.07) is 9.57. The molecule has 2 aromatic heterocycles. The molecule has 0 aliphatic rings. The van der Waals surface area contributed by atoms with Gasteiger partial charge in [0.05, 0.1) is 27.7 Å². The molecule has 0 saturated carbocycles. The molecule has 0 bridgehead atoms. The first-order valence-corrected chi connectivity index (χ1v) is 9.36. The van der Waals surface area contributed by atoms with Crippen LogP contribution in [0.2, 0.25) is 0 Å². The zero-order valence-electron chi connectivity index (χ0n) is 12.5. The number of benzene rings is 1. The molecule has 7 heteroatoms. The largest absolute Gasteiger partial charge is 0.503 e. The lowest BCUT2D eigenvalue weighted by Crippen LogP contribution is -1.87. The van der Waals surface area contributed by atoms with Gasteiger partial charge in [0.25, 0.3) is 0 Å². The standard InChI is InChI=1S/C17H11BrN2O2S2/c1-22-13-5-4-10(15(18)16(13)21)7-11(8-19)17-20-12(9-24-17)14-3-2-6-23-14/h2-7,9,21H,1H3/b11-7-. The third-order valence-corrected chi connectivity index (χ3v) is 5.86. The number of hydrogen-bond acceptors (Lipinski definition) is 6. The summed E-state index contributed by atoms with van der Waals surface area (Å²) >= 11 is 6.37. The lowest BCUT2D eigenvalue weighted by molar-refractivity contribution is 0.372. The van der Waals surface area contributed by atoms with E-state index < -0.39 is 0 Å². The van der Waals surface area contributed by atoms with Crippen molar-refractivity contribution in [3.63, 3.8) is 0 Å². The van der Waals surface area contributed by atoms with E-state index in [1.165, 1.54) is 18.4 Å². The highest BCUT2D eigenvalue weighted by atomic mass is 79.9. The molecule has 120 valence electrons. The summed E-state index contributed by atoms with van der Waals surface area (Å²) in [5.41, 5.74) is 1.98. The van der Waals surface area contributed by atoms with E-state index in [-0.39, 0.29) is 5.75 Å². The van der Waals surface area contributed by atoms with Gasteiger partial charge in [0.1, 0.15) is 11.1 Å². The van der Waals surface area contributed by atoms with Crippen molar-refractivity contribution in [3.05, 3.63) is 50.1 Å². The highest BCUT2D eigenvalue weighted by molar-refractivity contribution is 9.10. The molecule has 1 N–H and O–H groups in total. The molecule has 0 aliphatic carbocycles. The van der Waals surface area contributed by atoms with Crippen LogP contribution < -0.4 is 4.74 Å². The Morgan fingerprint density at radius 1 is 1.38 bits per heavy atom. The average molecular weight is 419 g/mol. The normalized spacial score (nSPS) is 11.3. The van der Waals surface area contributed by atoms with Crippen LogP contribution in [-0.2, 0) is 0 Å². The zero-order chi connectivity index (χ0) is 17.1. The molecule has 0 unspecified atom stereocenters. The number of thiophene rings is 1. The Kier molecular flexibility index (Phi) is 5.00. The second-order valence-electron chi connectivity index (χ2n) is 4.70. The fourth-order valence-corrected chi connectivity index (χ4v) is 4.06. The Morgan fingerprint density at radius 3 is 2.88 bits per heavy atom. The van der Waals surface area contributed by atoms with Gasteiger partial charge in [-0.2, -0.15) is 5.26 Å². The smallest absolute Gasteiger partial charge is 0.172 e. The molecule has 0 saturated heterocycles. The van der Waals surface area contributed by atoms with Crippen molar-refractivity contribution in [2.75, 3.05) is 7.11 Å². The van der Waals surface area contributed by atoms with Gasteiger partial charge in [-0.3, -0.25) is 0 Å². The number of nitriles is 1. The van der Waals surface area contributed by atoms with Crippen molar-refractivity contribution in [2.24, 2.45) is 0 Å². The highest BCUT2D eigenvalue weighted by Crippen LogP contribution is 2.38. The molecular weight excluding hydrogens is 408 g/mol. The first-order chi connectivity index (χ1) is 11.6. The van der Waals surface area contributed by atoms with Gasteiger partial charge in [-0.1, -0.05) is 6.07 Å². The first kappa shape index (κ1) is 16.7. The van der Waals surface area contributed by atoms with Crippen LogP contribution in [-0.4, -0.2) is 17.2 Å². The van der Waals surface area contributed by atoms with Crippen molar-refractivity contribution < 1.29 is 9.84 Å². The number of phenols is 1. The summed E-state index contributed by atoms with van der Waals surface area (Å²) in [4.78, 5) is 5.61. The minimum Gasteiger partial charge on any atom is -0.503 e. The Labute approximate surface area is 155 Å². The second-order valence-corrected chi connectivity index (χ2v) is 7.30. The molecule has 0 spiro atoms. The monoisotopic (exact) mass is 418 g/mol. The lowest BCUT2D eigenvalue weighted by atomic mass is 10.1. The van der Waals surface area contributed by atoms with Gasteiger partial charge in [0, 0.05) is 5.38 Å². The summed E-state index contributed by atoms with van der Waals surface area (Å²) in [6.07, 6.45) is 1.69.